The summed E-state index contributed by atoms with van der Waals surface area (Å²) in [7, 11) is -3.13. The van der Waals surface area contributed by atoms with Gasteiger partial charge >= 0.3 is 6.18 Å². The zero-order valence-electron chi connectivity index (χ0n) is 21.0. The van der Waals surface area contributed by atoms with E-state index in [-0.39, 0.29) is 27.4 Å². The van der Waals surface area contributed by atoms with Gasteiger partial charge in [0.1, 0.15) is 5.56 Å². The highest BCUT2D eigenvalue weighted by Gasteiger charge is 2.39. The van der Waals surface area contributed by atoms with E-state index in [2.05, 4.69) is 20.5 Å². The van der Waals surface area contributed by atoms with Gasteiger partial charge < -0.3 is 10.1 Å². The Morgan fingerprint density at radius 1 is 1.18 bits per heavy atom. The molecule has 0 saturated heterocycles. The molecular formula is C25H25F4N5O3S. The predicted molar refractivity (Wildman–Crippen MR) is 131 cm³/mol. The number of hydrogen-bond donors (Lipinski definition) is 2. The molecule has 0 spiro atoms. The molecular weight excluding hydrogens is 526 g/mol. The van der Waals surface area contributed by atoms with Crippen molar-refractivity contribution in [1.29, 1.82) is 4.78 Å². The standard InChI is InChI=1S/C25H25F4N5O3S/c1-13-19(22(35)32-15-7-5-8-16(11-15)38(4,30)36)23(34-33-21(13)25(27,28)29)37-20-14(2)31-18(12-17(20)26)24(3)9-6-10-24/h5,7-8,11-12,30H,6,9-10H2,1-4H3,(H,32,35). The summed E-state index contributed by atoms with van der Waals surface area (Å²) >= 11 is 0. The van der Waals surface area contributed by atoms with Crippen LogP contribution in [0.15, 0.2) is 35.2 Å². The highest BCUT2D eigenvalue weighted by atomic mass is 32.2. The van der Waals surface area contributed by atoms with Crippen molar-refractivity contribution in [1.82, 2.24) is 15.2 Å². The van der Waals surface area contributed by atoms with Gasteiger partial charge in [-0.15, -0.1) is 10.2 Å². The Hall–Kier alpha value is -3.61. The number of hydrogen-bond acceptors (Lipinski definition) is 7. The fourth-order valence-electron chi connectivity index (χ4n) is 4.23. The van der Waals surface area contributed by atoms with Gasteiger partial charge in [-0.3, -0.25) is 9.78 Å². The fraction of sp³-hybridized carbons (Fsp3) is 0.360. The van der Waals surface area contributed by atoms with Crippen LogP contribution < -0.4 is 10.1 Å². The Labute approximate surface area is 216 Å². The normalized spacial score (nSPS) is 16.3. The van der Waals surface area contributed by atoms with Crippen LogP contribution in [0.1, 0.15) is 59.2 Å². The maximum atomic E-state index is 15.2. The number of pyridine rings is 1. The van der Waals surface area contributed by atoms with Crippen LogP contribution in [-0.4, -0.2) is 31.6 Å². The van der Waals surface area contributed by atoms with E-state index < -0.39 is 50.3 Å². The molecule has 3 aromatic rings. The number of halogens is 4. The zero-order valence-corrected chi connectivity index (χ0v) is 21.8. The van der Waals surface area contributed by atoms with Gasteiger partial charge in [0.15, 0.2) is 17.3 Å². The molecule has 2 N–H and O–H groups in total. The van der Waals surface area contributed by atoms with Crippen LogP contribution >= 0.6 is 0 Å². The van der Waals surface area contributed by atoms with Crippen molar-refractivity contribution in [2.75, 3.05) is 11.6 Å². The first-order chi connectivity index (χ1) is 17.6. The molecule has 0 radical (unpaired) electrons. The molecule has 2 heterocycles. The van der Waals surface area contributed by atoms with Crippen LogP contribution in [0.4, 0.5) is 23.2 Å². The Morgan fingerprint density at radius 2 is 1.87 bits per heavy atom. The topological polar surface area (TPSA) is 118 Å². The van der Waals surface area contributed by atoms with Gasteiger partial charge in [-0.25, -0.2) is 13.4 Å². The molecule has 2 aromatic heterocycles. The molecule has 38 heavy (non-hydrogen) atoms. The van der Waals surface area contributed by atoms with E-state index in [0.717, 1.165) is 26.2 Å². The highest BCUT2D eigenvalue weighted by Crippen LogP contribution is 2.44. The molecule has 1 aliphatic carbocycles. The third-order valence-corrected chi connectivity index (χ3v) is 7.75. The minimum Gasteiger partial charge on any atom is -0.432 e. The molecule has 1 amide bonds. The van der Waals surface area contributed by atoms with Gasteiger partial charge in [0.05, 0.1) is 15.4 Å². The Balaban J connectivity index is 1.76. The molecule has 1 unspecified atom stereocenters. The van der Waals surface area contributed by atoms with E-state index in [4.69, 9.17) is 9.52 Å². The monoisotopic (exact) mass is 551 g/mol. The third kappa shape index (κ3) is 5.33. The first-order valence-corrected chi connectivity index (χ1v) is 13.5. The summed E-state index contributed by atoms with van der Waals surface area (Å²) in [4.78, 5) is 17.8. The Morgan fingerprint density at radius 3 is 2.42 bits per heavy atom. The molecule has 0 bridgehead atoms. The van der Waals surface area contributed by atoms with E-state index in [0.29, 0.717) is 5.69 Å². The summed E-state index contributed by atoms with van der Waals surface area (Å²) in [5, 5.41) is 9.09. The van der Waals surface area contributed by atoms with E-state index >= 15 is 4.39 Å². The Bertz CT molecular complexity index is 1510. The van der Waals surface area contributed by atoms with Crippen molar-refractivity contribution < 1.29 is 31.3 Å². The van der Waals surface area contributed by atoms with E-state index in [1.165, 1.54) is 43.5 Å². The van der Waals surface area contributed by atoms with Crippen LogP contribution in [0.5, 0.6) is 11.6 Å². The van der Waals surface area contributed by atoms with Crippen LogP contribution in [0.3, 0.4) is 0 Å². The largest absolute Gasteiger partial charge is 0.435 e. The van der Waals surface area contributed by atoms with Gasteiger partial charge in [0, 0.05) is 27.9 Å². The van der Waals surface area contributed by atoms with Gasteiger partial charge in [-0.05, 0) is 56.5 Å². The van der Waals surface area contributed by atoms with Crippen LogP contribution in [0, 0.1) is 24.4 Å². The van der Waals surface area contributed by atoms with Crippen molar-refractivity contribution >= 4 is 21.3 Å². The van der Waals surface area contributed by atoms with Crippen molar-refractivity contribution in [3.8, 4) is 11.6 Å². The minimum absolute atomic E-state index is 0.0761. The van der Waals surface area contributed by atoms with E-state index in [1.807, 2.05) is 6.92 Å². The maximum Gasteiger partial charge on any atom is 0.435 e. The lowest BCUT2D eigenvalue weighted by Crippen LogP contribution is -2.31. The number of nitrogens with zero attached hydrogens (tertiary/aromatic N) is 3. The number of aromatic nitrogens is 3. The van der Waals surface area contributed by atoms with Crippen LogP contribution in [-0.2, 0) is 21.3 Å². The number of nitrogens with one attached hydrogen (secondary N) is 2. The number of anilines is 1. The summed E-state index contributed by atoms with van der Waals surface area (Å²) in [5.74, 6) is -2.88. The first-order valence-electron chi connectivity index (χ1n) is 11.6. The summed E-state index contributed by atoms with van der Waals surface area (Å²) in [6.45, 7) is 4.49. The second-order valence-electron chi connectivity index (χ2n) is 9.60. The lowest BCUT2D eigenvalue weighted by atomic mass is 9.68. The lowest BCUT2D eigenvalue weighted by Gasteiger charge is -2.38. The molecule has 1 saturated carbocycles. The number of amides is 1. The second kappa shape index (κ2) is 9.61. The molecule has 1 aromatic carbocycles. The van der Waals surface area contributed by atoms with E-state index in [9.17, 15) is 22.2 Å². The summed E-state index contributed by atoms with van der Waals surface area (Å²) in [6, 6.07) is 6.77. The number of rotatable bonds is 6. The van der Waals surface area contributed by atoms with Crippen molar-refractivity contribution in [2.45, 2.75) is 56.5 Å². The third-order valence-electron chi connectivity index (χ3n) is 6.59. The number of benzene rings is 1. The quantitative estimate of drug-likeness (QED) is 0.354. The van der Waals surface area contributed by atoms with Crippen molar-refractivity contribution in [3.05, 3.63) is 64.4 Å². The van der Waals surface area contributed by atoms with Gasteiger partial charge in [-0.1, -0.05) is 19.4 Å². The number of aryl methyl sites for hydroxylation is 1. The van der Waals surface area contributed by atoms with Crippen molar-refractivity contribution in [2.24, 2.45) is 0 Å². The minimum atomic E-state index is -4.92. The predicted octanol–water partition coefficient (Wildman–Crippen LogP) is 6.17. The van der Waals surface area contributed by atoms with Gasteiger partial charge in [0.25, 0.3) is 11.8 Å². The summed E-state index contributed by atoms with van der Waals surface area (Å²) in [5.41, 5.74) is -2.12. The molecule has 1 aliphatic rings. The smallest absolute Gasteiger partial charge is 0.432 e. The van der Waals surface area contributed by atoms with Gasteiger partial charge in [-0.2, -0.15) is 13.2 Å². The average molecular weight is 552 g/mol. The highest BCUT2D eigenvalue weighted by molar-refractivity contribution is 7.91. The zero-order chi connectivity index (χ0) is 28.0. The van der Waals surface area contributed by atoms with Crippen LogP contribution in [0.25, 0.3) is 0 Å². The van der Waals surface area contributed by atoms with E-state index in [1.54, 1.807) is 0 Å². The molecule has 202 valence electrons. The maximum absolute atomic E-state index is 15.2. The molecule has 8 nitrogen and oxygen atoms in total. The number of ether oxygens (including phenoxy) is 1. The molecule has 1 atom stereocenters. The van der Waals surface area contributed by atoms with Crippen LogP contribution in [0.2, 0.25) is 0 Å². The second-order valence-corrected chi connectivity index (χ2v) is 11.8. The van der Waals surface area contributed by atoms with Gasteiger partial charge in [0.2, 0.25) is 0 Å². The number of carbonyl (C=O) groups excluding carboxylic acids is 1. The lowest BCUT2D eigenvalue weighted by molar-refractivity contribution is -0.142. The summed E-state index contributed by atoms with van der Waals surface area (Å²) < 4.78 is 81.3. The number of alkyl halides is 3. The summed E-state index contributed by atoms with van der Waals surface area (Å²) in [6.07, 6.45) is -1.04. The molecule has 13 heteroatoms. The Kier molecular flexibility index (Phi) is 6.93. The first kappa shape index (κ1) is 27.4. The SMILES string of the molecule is Cc1nc(C2(C)CCC2)cc(F)c1Oc1nnc(C(F)(F)F)c(C)c1C(=O)Nc1cccc(S(C)(=N)=O)c1. The fourth-order valence-corrected chi connectivity index (χ4v) is 4.92. The molecule has 1 fully saturated rings. The molecule has 0 aliphatic heterocycles. The average Bonchev–Trinajstić information content (AvgIpc) is 2.78. The molecule has 4 rings (SSSR count). The number of carbonyl (C=O) groups is 1. The van der Waals surface area contributed by atoms with Crippen molar-refractivity contribution in [3.63, 3.8) is 0 Å².